The lowest BCUT2D eigenvalue weighted by molar-refractivity contribution is -0.132. The van der Waals surface area contributed by atoms with E-state index in [1.807, 2.05) is 33.8 Å². The number of aliphatic hydroxyl groups is 1. The number of hydrogen-bond donors (Lipinski definition) is 1. The van der Waals surface area contributed by atoms with Crippen molar-refractivity contribution in [1.82, 2.24) is 0 Å². The Morgan fingerprint density at radius 3 is 2.20 bits per heavy atom. The van der Waals surface area contributed by atoms with E-state index in [2.05, 4.69) is 6.58 Å². The summed E-state index contributed by atoms with van der Waals surface area (Å²) in [5, 5.41) is 9.23. The molecule has 0 aliphatic carbocycles. The number of aryl methyl sites for hydroxylation is 1. The van der Waals surface area contributed by atoms with Crippen molar-refractivity contribution in [2.75, 3.05) is 0 Å². The van der Waals surface area contributed by atoms with Gasteiger partial charge in [0.2, 0.25) is 0 Å². The fourth-order valence-corrected chi connectivity index (χ4v) is 2.66. The molecule has 0 radical (unpaired) electrons. The number of rotatable bonds is 4. The van der Waals surface area contributed by atoms with Crippen LogP contribution in [0.25, 0.3) is 0 Å². The second-order valence-electron chi connectivity index (χ2n) is 6.94. The van der Waals surface area contributed by atoms with E-state index in [4.69, 9.17) is 4.74 Å². The van der Waals surface area contributed by atoms with Crippen LogP contribution in [-0.2, 0) is 10.2 Å². The number of ketones is 1. The van der Waals surface area contributed by atoms with Crippen molar-refractivity contribution in [3.63, 3.8) is 0 Å². The lowest BCUT2D eigenvalue weighted by atomic mass is 9.82. The summed E-state index contributed by atoms with van der Waals surface area (Å²) in [5.74, 6) is -1.84. The van der Waals surface area contributed by atoms with Crippen molar-refractivity contribution in [3.8, 4) is 5.75 Å². The molecule has 2 aromatic carbocycles. The summed E-state index contributed by atoms with van der Waals surface area (Å²) in [7, 11) is 0. The van der Waals surface area contributed by atoms with E-state index in [1.54, 1.807) is 36.4 Å². The number of ether oxygens (including phenoxy) is 1. The van der Waals surface area contributed by atoms with Gasteiger partial charge in [-0.05, 0) is 42.2 Å². The highest BCUT2D eigenvalue weighted by atomic mass is 16.5. The van der Waals surface area contributed by atoms with Crippen LogP contribution in [0, 0.1) is 6.92 Å². The first-order valence-corrected chi connectivity index (χ1v) is 7.96. The molecule has 0 unspecified atom stereocenters. The number of hydrogen-bond acceptors (Lipinski definition) is 4. The molecule has 0 amide bonds. The van der Waals surface area contributed by atoms with Gasteiger partial charge in [0.05, 0.1) is 5.56 Å². The van der Waals surface area contributed by atoms with E-state index in [1.165, 1.54) is 0 Å². The second kappa shape index (κ2) is 6.93. The first-order chi connectivity index (χ1) is 11.6. The van der Waals surface area contributed by atoms with Gasteiger partial charge >= 0.3 is 5.97 Å². The molecule has 0 saturated carbocycles. The van der Waals surface area contributed by atoms with E-state index >= 15 is 0 Å². The highest BCUT2D eigenvalue weighted by Crippen LogP contribution is 2.33. The molecule has 0 atom stereocenters. The Morgan fingerprint density at radius 1 is 1.08 bits per heavy atom. The molecule has 1 N–H and O–H groups in total. The standard InChI is InChI=1S/C21H22O4/c1-13-11-18(25-20(24)14(2)22)16(12-17(13)21(3,4)5)19(23)15-9-7-6-8-10-15/h6-12,22H,2H2,1,3-5H3. The zero-order chi connectivity index (χ0) is 18.8. The van der Waals surface area contributed by atoms with Gasteiger partial charge in [-0.25, -0.2) is 4.79 Å². The third-order valence-electron chi connectivity index (χ3n) is 3.85. The third-order valence-corrected chi connectivity index (χ3v) is 3.85. The van der Waals surface area contributed by atoms with Crippen LogP contribution in [0.4, 0.5) is 0 Å². The smallest absolute Gasteiger partial charge is 0.378 e. The third kappa shape index (κ3) is 4.15. The van der Waals surface area contributed by atoms with Crippen LogP contribution in [0.2, 0.25) is 0 Å². The maximum Gasteiger partial charge on any atom is 0.378 e. The van der Waals surface area contributed by atoms with Gasteiger partial charge in [0.25, 0.3) is 0 Å². The van der Waals surface area contributed by atoms with Crippen LogP contribution >= 0.6 is 0 Å². The van der Waals surface area contributed by atoms with Crippen LogP contribution in [0.5, 0.6) is 5.75 Å². The van der Waals surface area contributed by atoms with E-state index in [9.17, 15) is 14.7 Å². The van der Waals surface area contributed by atoms with Crippen LogP contribution < -0.4 is 4.74 Å². The molecule has 0 spiro atoms. The summed E-state index contributed by atoms with van der Waals surface area (Å²) in [6.07, 6.45) is 0. The molecule has 4 nitrogen and oxygen atoms in total. The van der Waals surface area contributed by atoms with Crippen LogP contribution in [-0.4, -0.2) is 16.9 Å². The number of benzene rings is 2. The van der Waals surface area contributed by atoms with Crippen LogP contribution in [0.15, 0.2) is 54.8 Å². The van der Waals surface area contributed by atoms with Crippen LogP contribution in [0.1, 0.15) is 47.8 Å². The van der Waals surface area contributed by atoms with Crippen molar-refractivity contribution in [2.45, 2.75) is 33.1 Å². The zero-order valence-electron chi connectivity index (χ0n) is 14.9. The lowest BCUT2D eigenvalue weighted by Gasteiger charge is -2.23. The summed E-state index contributed by atoms with van der Waals surface area (Å²) in [4.78, 5) is 24.7. The average Bonchev–Trinajstić information content (AvgIpc) is 2.54. The predicted molar refractivity (Wildman–Crippen MR) is 97.2 cm³/mol. The molecule has 0 fully saturated rings. The minimum atomic E-state index is -0.981. The SMILES string of the molecule is C=C(O)C(=O)Oc1cc(C)c(C(C)(C)C)cc1C(=O)c1ccccc1. The monoisotopic (exact) mass is 338 g/mol. The molecule has 2 rings (SSSR count). The van der Waals surface area contributed by atoms with Crippen molar-refractivity contribution in [1.29, 1.82) is 0 Å². The minimum Gasteiger partial charge on any atom is -0.502 e. The van der Waals surface area contributed by atoms with Crippen molar-refractivity contribution < 1.29 is 19.4 Å². The summed E-state index contributed by atoms with van der Waals surface area (Å²) in [6.45, 7) is 11.2. The summed E-state index contributed by atoms with van der Waals surface area (Å²) >= 11 is 0. The van der Waals surface area contributed by atoms with Crippen molar-refractivity contribution in [3.05, 3.63) is 77.1 Å². The van der Waals surface area contributed by atoms with E-state index in [-0.39, 0.29) is 22.5 Å². The van der Waals surface area contributed by atoms with Gasteiger partial charge in [-0.2, -0.15) is 0 Å². The topological polar surface area (TPSA) is 63.6 Å². The van der Waals surface area contributed by atoms with Gasteiger partial charge in [-0.1, -0.05) is 51.1 Å². The first kappa shape index (κ1) is 18.5. The summed E-state index contributed by atoms with van der Waals surface area (Å²) in [6, 6.07) is 12.2. The van der Waals surface area contributed by atoms with E-state index < -0.39 is 11.7 Å². The fourth-order valence-electron chi connectivity index (χ4n) is 2.66. The van der Waals surface area contributed by atoms with Gasteiger partial charge < -0.3 is 9.84 Å². The largest absolute Gasteiger partial charge is 0.502 e. The summed E-state index contributed by atoms with van der Waals surface area (Å²) in [5.41, 5.74) is 2.46. The molecule has 0 saturated heterocycles. The Balaban J connectivity index is 2.62. The predicted octanol–water partition coefficient (Wildman–Crippen LogP) is 4.50. The Kier molecular flexibility index (Phi) is 5.12. The van der Waals surface area contributed by atoms with Crippen molar-refractivity contribution in [2.24, 2.45) is 0 Å². The first-order valence-electron chi connectivity index (χ1n) is 7.96. The Morgan fingerprint density at radius 2 is 1.68 bits per heavy atom. The van der Waals surface area contributed by atoms with Gasteiger partial charge in [-0.15, -0.1) is 0 Å². The van der Waals surface area contributed by atoms with E-state index in [0.717, 1.165) is 11.1 Å². The Labute approximate surface area is 147 Å². The lowest BCUT2D eigenvalue weighted by Crippen LogP contribution is -2.18. The molecule has 130 valence electrons. The molecule has 2 aromatic rings. The molecule has 25 heavy (non-hydrogen) atoms. The van der Waals surface area contributed by atoms with Gasteiger partial charge in [0.1, 0.15) is 5.75 Å². The maximum absolute atomic E-state index is 12.9. The quantitative estimate of drug-likeness (QED) is 0.293. The molecule has 0 bridgehead atoms. The molecule has 0 heterocycles. The second-order valence-corrected chi connectivity index (χ2v) is 6.94. The normalized spacial score (nSPS) is 11.0. The Hall–Kier alpha value is -2.88. The summed E-state index contributed by atoms with van der Waals surface area (Å²) < 4.78 is 5.19. The molecular weight excluding hydrogens is 316 g/mol. The molecule has 0 aromatic heterocycles. The Bertz CT molecular complexity index is 827. The fraction of sp³-hybridized carbons (Fsp3) is 0.238. The molecule has 0 aliphatic heterocycles. The highest BCUT2D eigenvalue weighted by Gasteiger charge is 2.24. The average molecular weight is 338 g/mol. The highest BCUT2D eigenvalue weighted by molar-refractivity contribution is 6.11. The van der Waals surface area contributed by atoms with Gasteiger partial charge in [0.15, 0.2) is 11.5 Å². The number of aliphatic hydroxyl groups excluding tert-OH is 1. The maximum atomic E-state index is 12.9. The van der Waals surface area contributed by atoms with E-state index in [0.29, 0.717) is 5.56 Å². The van der Waals surface area contributed by atoms with Gasteiger partial charge in [0, 0.05) is 5.56 Å². The number of carbonyl (C=O) groups excluding carboxylic acids is 2. The molecular formula is C21H22O4. The van der Waals surface area contributed by atoms with Crippen molar-refractivity contribution >= 4 is 11.8 Å². The minimum absolute atomic E-state index is 0.111. The number of esters is 1. The van der Waals surface area contributed by atoms with Gasteiger partial charge in [-0.3, -0.25) is 4.79 Å². The molecule has 4 heteroatoms. The molecule has 0 aliphatic rings. The number of carbonyl (C=O) groups is 2. The van der Waals surface area contributed by atoms with Crippen LogP contribution in [0.3, 0.4) is 0 Å². The zero-order valence-corrected chi connectivity index (χ0v) is 14.9.